The van der Waals surface area contributed by atoms with Gasteiger partial charge in [-0.15, -0.1) is 0 Å². The van der Waals surface area contributed by atoms with Crippen molar-refractivity contribution in [1.82, 2.24) is 5.32 Å². The molecule has 6 heteroatoms. The molecule has 0 saturated heterocycles. The van der Waals surface area contributed by atoms with E-state index in [9.17, 15) is 14.7 Å². The Morgan fingerprint density at radius 1 is 1.23 bits per heavy atom. The molecule has 0 spiro atoms. The maximum atomic E-state index is 11.9. The Hall–Kier alpha value is -3.33. The van der Waals surface area contributed by atoms with Crippen molar-refractivity contribution < 1.29 is 19.4 Å². The second-order valence-corrected chi connectivity index (χ2v) is 5.96. The molecule has 0 fully saturated rings. The van der Waals surface area contributed by atoms with Gasteiger partial charge in [0.1, 0.15) is 5.75 Å². The minimum atomic E-state index is -0.959. The molecular formula is C20H20N2O4. The van der Waals surface area contributed by atoms with Crippen LogP contribution >= 0.6 is 0 Å². The lowest BCUT2D eigenvalue weighted by Gasteiger charge is -2.14. The quantitative estimate of drug-likeness (QED) is 0.759. The van der Waals surface area contributed by atoms with Gasteiger partial charge in [0, 0.05) is 6.54 Å². The van der Waals surface area contributed by atoms with Crippen LogP contribution in [-0.2, 0) is 16.0 Å². The van der Waals surface area contributed by atoms with Crippen LogP contribution in [0.3, 0.4) is 0 Å². The molecular weight excluding hydrogens is 332 g/mol. The van der Waals surface area contributed by atoms with Gasteiger partial charge in [0.2, 0.25) is 0 Å². The molecule has 1 amide bonds. The van der Waals surface area contributed by atoms with Crippen molar-refractivity contribution in [1.29, 1.82) is 5.26 Å². The van der Waals surface area contributed by atoms with E-state index in [0.29, 0.717) is 17.7 Å². The molecule has 0 aliphatic carbocycles. The van der Waals surface area contributed by atoms with Crippen molar-refractivity contribution >= 4 is 11.9 Å². The third-order valence-electron chi connectivity index (χ3n) is 3.81. The number of carbonyl (C=O) groups excluding carboxylic acids is 1. The Morgan fingerprint density at radius 3 is 2.58 bits per heavy atom. The largest absolute Gasteiger partial charge is 0.484 e. The first-order valence-electron chi connectivity index (χ1n) is 8.16. The number of carbonyl (C=O) groups is 2. The average Bonchev–Trinajstić information content (AvgIpc) is 2.63. The number of carboxylic acid groups (broad SMARTS) is 1. The van der Waals surface area contributed by atoms with Gasteiger partial charge in [0.05, 0.1) is 17.6 Å². The Labute approximate surface area is 152 Å². The summed E-state index contributed by atoms with van der Waals surface area (Å²) in [6.07, 6.45) is 0.341. The number of benzene rings is 2. The maximum absolute atomic E-state index is 11.9. The summed E-state index contributed by atoms with van der Waals surface area (Å²) in [5, 5.41) is 20.7. The maximum Gasteiger partial charge on any atom is 0.308 e. The number of amides is 1. The molecule has 6 nitrogen and oxygen atoms in total. The van der Waals surface area contributed by atoms with Crippen molar-refractivity contribution in [2.45, 2.75) is 13.3 Å². The third-order valence-corrected chi connectivity index (χ3v) is 3.81. The van der Waals surface area contributed by atoms with E-state index in [4.69, 9.17) is 10.00 Å². The molecule has 1 unspecified atom stereocenters. The molecule has 2 aromatic carbocycles. The van der Waals surface area contributed by atoms with E-state index in [2.05, 4.69) is 5.32 Å². The predicted molar refractivity (Wildman–Crippen MR) is 95.7 cm³/mol. The standard InChI is InChI=1S/C20H20N2O4/c1-14-3-2-4-16(9-14)10-17(20(24)25)12-22-19(23)13-26-18-7-5-15(11-21)6-8-18/h2-9,17H,10,12-13H2,1H3,(H,22,23)(H,24,25). The number of carboxylic acids is 1. The highest BCUT2D eigenvalue weighted by atomic mass is 16.5. The van der Waals surface area contributed by atoms with E-state index in [1.54, 1.807) is 24.3 Å². The van der Waals surface area contributed by atoms with Crippen molar-refractivity contribution in [3.8, 4) is 11.8 Å². The van der Waals surface area contributed by atoms with E-state index in [1.165, 1.54) is 0 Å². The van der Waals surface area contributed by atoms with Crippen LogP contribution in [-0.4, -0.2) is 30.1 Å². The van der Waals surface area contributed by atoms with Crippen LogP contribution in [0.1, 0.15) is 16.7 Å². The topological polar surface area (TPSA) is 99.4 Å². The molecule has 1 atom stereocenters. The minimum absolute atomic E-state index is 0.0266. The zero-order chi connectivity index (χ0) is 18.9. The van der Waals surface area contributed by atoms with Gasteiger partial charge in [-0.2, -0.15) is 5.26 Å². The lowest BCUT2D eigenvalue weighted by Crippen LogP contribution is -2.36. The second-order valence-electron chi connectivity index (χ2n) is 5.96. The molecule has 0 aliphatic rings. The monoisotopic (exact) mass is 352 g/mol. The highest BCUT2D eigenvalue weighted by Crippen LogP contribution is 2.12. The molecule has 0 radical (unpaired) electrons. The number of aryl methyl sites for hydroxylation is 1. The van der Waals surface area contributed by atoms with Crippen molar-refractivity contribution in [2.75, 3.05) is 13.2 Å². The summed E-state index contributed by atoms with van der Waals surface area (Å²) < 4.78 is 5.33. The van der Waals surface area contributed by atoms with Crippen LogP contribution in [0.5, 0.6) is 5.75 Å². The first-order chi connectivity index (χ1) is 12.5. The first-order valence-corrected chi connectivity index (χ1v) is 8.16. The number of hydrogen-bond donors (Lipinski definition) is 2. The van der Waals surface area contributed by atoms with Gasteiger partial charge >= 0.3 is 5.97 Å². The molecule has 2 rings (SSSR count). The number of nitrogens with one attached hydrogen (secondary N) is 1. The zero-order valence-corrected chi connectivity index (χ0v) is 14.4. The van der Waals surface area contributed by atoms with Crippen LogP contribution in [0.15, 0.2) is 48.5 Å². The lowest BCUT2D eigenvalue weighted by atomic mass is 9.98. The first kappa shape index (κ1) is 19.0. The van der Waals surface area contributed by atoms with Gasteiger partial charge in [-0.25, -0.2) is 0 Å². The summed E-state index contributed by atoms with van der Waals surface area (Å²) >= 11 is 0. The van der Waals surface area contributed by atoms with Crippen LogP contribution in [0.25, 0.3) is 0 Å². The van der Waals surface area contributed by atoms with E-state index in [1.807, 2.05) is 37.3 Å². The molecule has 0 aromatic heterocycles. The SMILES string of the molecule is Cc1cccc(CC(CNC(=O)COc2ccc(C#N)cc2)C(=O)O)c1. The Bertz CT molecular complexity index is 809. The Balaban J connectivity index is 1.82. The summed E-state index contributed by atoms with van der Waals surface area (Å²) in [5.41, 5.74) is 2.48. The van der Waals surface area contributed by atoms with Gasteiger partial charge < -0.3 is 15.2 Å². The predicted octanol–water partition coefficient (Wildman–Crippen LogP) is 2.31. The smallest absolute Gasteiger partial charge is 0.308 e. The molecule has 0 aliphatic heterocycles. The summed E-state index contributed by atoms with van der Waals surface area (Å²) in [6.45, 7) is 1.75. The molecule has 2 aromatic rings. The van der Waals surface area contributed by atoms with Crippen LogP contribution in [0, 0.1) is 24.2 Å². The number of nitriles is 1. The van der Waals surface area contributed by atoms with Crippen molar-refractivity contribution in [3.63, 3.8) is 0 Å². The summed E-state index contributed by atoms with van der Waals surface area (Å²) in [4.78, 5) is 23.3. The minimum Gasteiger partial charge on any atom is -0.484 e. The second kappa shape index (κ2) is 9.23. The van der Waals surface area contributed by atoms with Gasteiger partial charge in [0.25, 0.3) is 5.91 Å². The Kier molecular flexibility index (Phi) is 6.75. The van der Waals surface area contributed by atoms with Gasteiger partial charge in [-0.3, -0.25) is 9.59 Å². The highest BCUT2D eigenvalue weighted by Gasteiger charge is 2.19. The number of hydrogen-bond acceptors (Lipinski definition) is 4. The van der Waals surface area contributed by atoms with E-state index >= 15 is 0 Å². The number of nitrogens with zero attached hydrogens (tertiary/aromatic N) is 1. The molecule has 0 heterocycles. The number of aliphatic carboxylic acids is 1. The lowest BCUT2D eigenvalue weighted by molar-refractivity contribution is -0.141. The van der Waals surface area contributed by atoms with Gasteiger partial charge in [0.15, 0.2) is 6.61 Å². The van der Waals surface area contributed by atoms with Crippen molar-refractivity contribution in [2.24, 2.45) is 5.92 Å². The fourth-order valence-electron chi connectivity index (χ4n) is 2.43. The highest BCUT2D eigenvalue weighted by molar-refractivity contribution is 5.78. The third kappa shape index (κ3) is 5.95. The van der Waals surface area contributed by atoms with E-state index in [-0.39, 0.29) is 13.2 Å². The zero-order valence-electron chi connectivity index (χ0n) is 14.4. The molecule has 0 saturated carbocycles. The molecule has 2 N–H and O–H groups in total. The van der Waals surface area contributed by atoms with Gasteiger partial charge in [-0.05, 0) is 43.2 Å². The number of ether oxygens (including phenoxy) is 1. The van der Waals surface area contributed by atoms with Gasteiger partial charge in [-0.1, -0.05) is 29.8 Å². The molecule has 26 heavy (non-hydrogen) atoms. The average molecular weight is 352 g/mol. The Morgan fingerprint density at radius 2 is 1.96 bits per heavy atom. The molecule has 0 bridgehead atoms. The van der Waals surface area contributed by atoms with Crippen LogP contribution < -0.4 is 10.1 Å². The fraction of sp³-hybridized carbons (Fsp3) is 0.250. The molecule has 134 valence electrons. The normalized spacial score (nSPS) is 11.2. The van der Waals surface area contributed by atoms with E-state index < -0.39 is 17.8 Å². The van der Waals surface area contributed by atoms with E-state index in [0.717, 1.165) is 11.1 Å². The van der Waals surface area contributed by atoms with Crippen LogP contribution in [0.2, 0.25) is 0 Å². The summed E-state index contributed by atoms with van der Waals surface area (Å²) in [7, 11) is 0. The van der Waals surface area contributed by atoms with Crippen LogP contribution in [0.4, 0.5) is 0 Å². The summed E-state index contributed by atoms with van der Waals surface area (Å²) in [5.74, 6) is -1.60. The number of rotatable bonds is 8. The fourth-order valence-corrected chi connectivity index (χ4v) is 2.43. The van der Waals surface area contributed by atoms with Crippen molar-refractivity contribution in [3.05, 3.63) is 65.2 Å². The summed E-state index contributed by atoms with van der Waals surface area (Å²) in [6, 6.07) is 16.0.